The summed E-state index contributed by atoms with van der Waals surface area (Å²) in [6.07, 6.45) is 0. The lowest BCUT2D eigenvalue weighted by atomic mass is 9.75. The minimum Gasteiger partial charge on any atom is -0.0561 e. The third kappa shape index (κ3) is 7.82. The fourth-order valence-corrected chi connectivity index (χ4v) is 8.86. The number of hydrogen-bond acceptors (Lipinski definition) is 0. The van der Waals surface area contributed by atoms with Crippen molar-refractivity contribution in [1.29, 1.82) is 0 Å². The van der Waals surface area contributed by atoms with Crippen molar-refractivity contribution in [2.75, 3.05) is 0 Å². The van der Waals surface area contributed by atoms with Crippen LogP contribution in [0.4, 0.5) is 0 Å². The molecule has 0 amide bonds. The Morgan fingerprint density at radius 3 is 0.632 bits per heavy atom. The molecule has 0 radical (unpaired) electrons. The number of rotatable bonds is 2. The summed E-state index contributed by atoms with van der Waals surface area (Å²) >= 11 is 0. The average molecular weight is 553 g/mol. The van der Waals surface area contributed by atoms with Crippen LogP contribution in [0.2, 0.25) is 0 Å². The van der Waals surface area contributed by atoms with Crippen molar-refractivity contribution in [2.24, 2.45) is 0 Å². The van der Waals surface area contributed by atoms with Crippen LogP contribution in [-0.2, 0) is 32.5 Å². The molecular formula is C36H58P2. The van der Waals surface area contributed by atoms with Crippen LogP contribution in [0.25, 0.3) is 0 Å². The third-order valence-corrected chi connectivity index (χ3v) is 10.4. The van der Waals surface area contributed by atoms with Crippen LogP contribution in [0.5, 0.6) is 0 Å². The van der Waals surface area contributed by atoms with E-state index in [4.69, 9.17) is 0 Å². The summed E-state index contributed by atoms with van der Waals surface area (Å²) < 4.78 is 0. The van der Waals surface area contributed by atoms with Gasteiger partial charge in [-0.1, -0.05) is 149 Å². The van der Waals surface area contributed by atoms with Gasteiger partial charge < -0.3 is 0 Å². The Hall–Kier alpha value is -0.960. The van der Waals surface area contributed by atoms with Gasteiger partial charge in [-0.15, -0.1) is 0 Å². The Bertz CT molecular complexity index is 1020. The predicted octanol–water partition coefficient (Wildman–Crippen LogP) is 11.2. The normalized spacial score (nSPS) is 14.5. The molecule has 0 nitrogen and oxygen atoms in total. The molecule has 0 aliphatic carbocycles. The van der Waals surface area contributed by atoms with Gasteiger partial charge in [0.25, 0.3) is 0 Å². The molecule has 0 unspecified atom stereocenters. The lowest BCUT2D eigenvalue weighted by molar-refractivity contribution is 0.553. The summed E-state index contributed by atoms with van der Waals surface area (Å²) in [5.41, 5.74) is 9.47. The molecule has 2 aromatic rings. The second-order valence-corrected chi connectivity index (χ2v) is 20.0. The Morgan fingerprint density at radius 1 is 0.316 bits per heavy atom. The van der Waals surface area contributed by atoms with Gasteiger partial charge in [-0.05, 0) is 81.6 Å². The van der Waals surface area contributed by atoms with Gasteiger partial charge in [0.05, 0.1) is 0 Å². The Labute approximate surface area is 240 Å². The highest BCUT2D eigenvalue weighted by Crippen LogP contribution is 2.40. The van der Waals surface area contributed by atoms with Crippen LogP contribution < -0.4 is 10.6 Å². The van der Waals surface area contributed by atoms with Gasteiger partial charge in [-0.3, -0.25) is 0 Å². The van der Waals surface area contributed by atoms with Crippen LogP contribution in [-0.4, -0.2) is 0 Å². The maximum Gasteiger partial charge on any atom is 0.0138 e. The molecule has 0 aromatic heterocycles. The SMILES string of the molecule is CC(C)(C)c1cc(C(C)(C)C)c(P=Pc2c(C(C)(C)C)cc(C(C)(C)C)cc2C(C)(C)C)c(C(C)(C)C)c1. The zero-order valence-electron chi connectivity index (χ0n) is 28.2. The monoisotopic (exact) mass is 552 g/mol. The van der Waals surface area contributed by atoms with Crippen LogP contribution in [0.15, 0.2) is 24.3 Å². The molecule has 0 spiro atoms. The average Bonchev–Trinajstić information content (AvgIpc) is 2.66. The van der Waals surface area contributed by atoms with Crippen LogP contribution in [0.3, 0.4) is 0 Å². The molecule has 212 valence electrons. The van der Waals surface area contributed by atoms with Crippen molar-refractivity contribution < 1.29 is 0 Å². The number of hydrogen-bond donors (Lipinski definition) is 0. The Kier molecular flexibility index (Phi) is 9.15. The van der Waals surface area contributed by atoms with E-state index in [9.17, 15) is 0 Å². The van der Waals surface area contributed by atoms with Gasteiger partial charge in [-0.2, -0.15) is 0 Å². The predicted molar refractivity (Wildman–Crippen MR) is 178 cm³/mol. The molecule has 38 heavy (non-hydrogen) atoms. The van der Waals surface area contributed by atoms with Gasteiger partial charge in [0.15, 0.2) is 0 Å². The van der Waals surface area contributed by atoms with Gasteiger partial charge in [0.1, 0.15) is 0 Å². The molecule has 0 atom stereocenters. The summed E-state index contributed by atoms with van der Waals surface area (Å²) in [5.74, 6) is 0. The first-order chi connectivity index (χ1) is 16.6. The number of benzene rings is 2. The maximum atomic E-state index is 2.52. The molecule has 2 rings (SSSR count). The van der Waals surface area contributed by atoms with Crippen molar-refractivity contribution in [2.45, 2.75) is 157 Å². The van der Waals surface area contributed by atoms with E-state index in [1.807, 2.05) is 0 Å². The van der Waals surface area contributed by atoms with Crippen molar-refractivity contribution in [3.63, 3.8) is 0 Å². The fourth-order valence-electron chi connectivity index (χ4n) is 4.74. The van der Waals surface area contributed by atoms with Crippen molar-refractivity contribution in [1.82, 2.24) is 0 Å². The van der Waals surface area contributed by atoms with Crippen molar-refractivity contribution in [3.05, 3.63) is 57.6 Å². The van der Waals surface area contributed by atoms with E-state index < -0.39 is 0 Å². The van der Waals surface area contributed by atoms with Gasteiger partial charge >= 0.3 is 0 Å². The highest BCUT2D eigenvalue weighted by Gasteiger charge is 2.31. The van der Waals surface area contributed by atoms with Crippen molar-refractivity contribution in [3.8, 4) is 0 Å². The lowest BCUT2D eigenvalue weighted by Crippen LogP contribution is -2.30. The Balaban J connectivity index is 3.07. The minimum atomic E-state index is 0.0783. The van der Waals surface area contributed by atoms with E-state index in [2.05, 4.69) is 149 Å². The molecule has 0 N–H and O–H groups in total. The molecule has 0 saturated carbocycles. The van der Waals surface area contributed by atoms with Gasteiger partial charge in [0.2, 0.25) is 0 Å². The molecule has 2 heteroatoms. The molecule has 0 fully saturated rings. The smallest absolute Gasteiger partial charge is 0.0138 e. The topological polar surface area (TPSA) is 0 Å². The zero-order chi connectivity index (χ0) is 29.9. The first-order valence-electron chi connectivity index (χ1n) is 14.5. The summed E-state index contributed by atoms with van der Waals surface area (Å²) in [4.78, 5) is 0. The summed E-state index contributed by atoms with van der Waals surface area (Å²) in [5, 5.41) is 3.05. The van der Waals surface area contributed by atoms with Crippen LogP contribution in [0, 0.1) is 0 Å². The molecule has 0 saturated heterocycles. The second-order valence-electron chi connectivity index (χ2n) is 17.5. The standard InChI is InChI=1S/C36H58P2/c1-31(2,3)23-19-25(33(7,8)9)29(26(20-23)34(10,11)12)37-38-30-27(35(13,14)15)21-24(32(4,5)6)22-28(30)36(16,17)18/h19-22H,1-18H3. The quantitative estimate of drug-likeness (QED) is 0.325. The maximum absolute atomic E-state index is 2.52. The fraction of sp³-hybridized carbons (Fsp3) is 0.667. The molecule has 0 bridgehead atoms. The molecule has 0 aliphatic heterocycles. The highest BCUT2D eigenvalue weighted by atomic mass is 31.7. The molecule has 0 heterocycles. The van der Waals surface area contributed by atoms with Crippen molar-refractivity contribution >= 4 is 26.3 Å². The summed E-state index contributed by atoms with van der Waals surface area (Å²) in [6, 6.07) is 10.1. The second kappa shape index (κ2) is 10.5. The van der Waals surface area contributed by atoms with E-state index in [0.29, 0.717) is 0 Å². The minimum absolute atomic E-state index is 0.0783. The van der Waals surface area contributed by atoms with E-state index in [-0.39, 0.29) is 32.5 Å². The van der Waals surface area contributed by atoms with Gasteiger partial charge in [0, 0.05) is 10.6 Å². The van der Waals surface area contributed by atoms with Crippen LogP contribution >= 0.6 is 15.7 Å². The van der Waals surface area contributed by atoms with E-state index >= 15 is 0 Å². The van der Waals surface area contributed by atoms with Gasteiger partial charge in [-0.25, -0.2) is 0 Å². The van der Waals surface area contributed by atoms with Crippen LogP contribution in [0.1, 0.15) is 158 Å². The zero-order valence-corrected chi connectivity index (χ0v) is 30.0. The highest BCUT2D eigenvalue weighted by molar-refractivity contribution is 7.91. The third-order valence-electron chi connectivity index (χ3n) is 7.43. The lowest BCUT2D eigenvalue weighted by Gasteiger charge is -2.33. The molecular weight excluding hydrogens is 494 g/mol. The Morgan fingerprint density at radius 2 is 0.500 bits per heavy atom. The summed E-state index contributed by atoms with van der Waals surface area (Å²) in [6.45, 7) is 42.7. The van der Waals surface area contributed by atoms with E-state index in [0.717, 1.165) is 0 Å². The molecule has 2 aromatic carbocycles. The largest absolute Gasteiger partial charge is 0.0561 e. The first kappa shape index (κ1) is 33.2. The van der Waals surface area contributed by atoms with E-state index in [1.54, 1.807) is 0 Å². The summed E-state index contributed by atoms with van der Waals surface area (Å²) in [7, 11) is 2.76. The first-order valence-corrected chi connectivity index (χ1v) is 17.0. The van der Waals surface area contributed by atoms with E-state index in [1.165, 1.54) is 59.7 Å². The molecule has 0 aliphatic rings.